The van der Waals surface area contributed by atoms with Crippen LogP contribution >= 0.6 is 23.4 Å². The second kappa shape index (κ2) is 11.5. The Kier molecular flexibility index (Phi) is 8.96. The highest BCUT2D eigenvalue weighted by molar-refractivity contribution is 7.99. The molecule has 2 aromatic rings. The van der Waals surface area contributed by atoms with Gasteiger partial charge < -0.3 is 16.8 Å². The van der Waals surface area contributed by atoms with Gasteiger partial charge in [0.15, 0.2) is 11.6 Å². The van der Waals surface area contributed by atoms with Gasteiger partial charge in [-0.05, 0) is 31.4 Å². The third kappa shape index (κ3) is 6.65. The van der Waals surface area contributed by atoms with Crippen LogP contribution in [0.3, 0.4) is 0 Å². The molecule has 0 unspecified atom stereocenters. The van der Waals surface area contributed by atoms with E-state index in [-0.39, 0.29) is 27.5 Å². The maximum atomic E-state index is 14.3. The lowest BCUT2D eigenvalue weighted by Gasteiger charge is -2.10. The van der Waals surface area contributed by atoms with E-state index in [2.05, 4.69) is 31.3 Å². The summed E-state index contributed by atoms with van der Waals surface area (Å²) in [6.45, 7) is 0.588. The predicted octanol–water partition coefficient (Wildman–Crippen LogP) is 4.21. The van der Waals surface area contributed by atoms with E-state index in [9.17, 15) is 4.39 Å². The summed E-state index contributed by atoms with van der Waals surface area (Å²) in [5, 5.41) is 3.44. The molecular weight excluding hydrogens is 401 g/mol. The van der Waals surface area contributed by atoms with Gasteiger partial charge >= 0.3 is 0 Å². The Balaban J connectivity index is 1.87. The Morgan fingerprint density at radius 1 is 1.25 bits per heavy atom. The topological polar surface area (TPSA) is 115 Å². The standard InChI is InChI=1S/C18H23ClFN7S/c1-23-9-6-4-2-3-5-7-10-25-17-14(20)26-18(16(22)27-17)28-12-8-11-24-15(21)13(12)19/h4,6,8-9,11H,2-3,5,7,10H2,1H3,(H2,21,24)(H3,22,25,27)/b6-4-,23-9-. The molecule has 0 spiro atoms. The molecule has 5 N–H and O–H groups in total. The van der Waals surface area contributed by atoms with Crippen molar-refractivity contribution in [1.29, 1.82) is 0 Å². The fourth-order valence-electron chi connectivity index (χ4n) is 2.24. The van der Waals surface area contributed by atoms with E-state index >= 15 is 0 Å². The smallest absolute Gasteiger partial charge is 0.256 e. The molecule has 0 aliphatic carbocycles. The van der Waals surface area contributed by atoms with Crippen molar-refractivity contribution >= 4 is 47.0 Å². The number of aliphatic imine (C=N–C) groups is 1. The average molecular weight is 424 g/mol. The van der Waals surface area contributed by atoms with E-state index in [1.165, 1.54) is 6.20 Å². The SMILES string of the molecule is C/N=C\C=C/CCCCCNc1nc(N)c(Sc2ccnc(N)c2Cl)nc1F. The van der Waals surface area contributed by atoms with Gasteiger partial charge in [0, 0.05) is 30.9 Å². The van der Waals surface area contributed by atoms with Gasteiger partial charge in [-0.25, -0.2) is 15.0 Å². The van der Waals surface area contributed by atoms with Gasteiger partial charge in [-0.15, -0.1) is 0 Å². The summed E-state index contributed by atoms with van der Waals surface area (Å²) < 4.78 is 14.3. The van der Waals surface area contributed by atoms with E-state index < -0.39 is 5.95 Å². The normalized spacial score (nSPS) is 11.5. The van der Waals surface area contributed by atoms with Crippen LogP contribution in [0.25, 0.3) is 0 Å². The van der Waals surface area contributed by atoms with Crippen molar-refractivity contribution in [2.24, 2.45) is 4.99 Å². The van der Waals surface area contributed by atoms with E-state index in [0.717, 1.165) is 37.4 Å². The molecule has 2 heterocycles. The van der Waals surface area contributed by atoms with Crippen LogP contribution < -0.4 is 16.8 Å². The number of halogens is 2. The number of hydrogen-bond donors (Lipinski definition) is 3. The van der Waals surface area contributed by atoms with Crippen LogP contribution in [0.1, 0.15) is 25.7 Å². The molecule has 0 aliphatic rings. The molecule has 2 aromatic heterocycles. The molecule has 0 atom stereocenters. The zero-order valence-corrected chi connectivity index (χ0v) is 17.1. The fourth-order valence-corrected chi connectivity index (χ4v) is 3.27. The van der Waals surface area contributed by atoms with Crippen molar-refractivity contribution in [3.63, 3.8) is 0 Å². The number of nitrogen functional groups attached to an aromatic ring is 2. The minimum atomic E-state index is -0.711. The summed E-state index contributed by atoms with van der Waals surface area (Å²) in [7, 11) is 1.74. The van der Waals surface area contributed by atoms with Crippen LogP contribution in [0.15, 0.2) is 39.3 Å². The lowest BCUT2D eigenvalue weighted by Crippen LogP contribution is -2.09. The van der Waals surface area contributed by atoms with Crippen molar-refractivity contribution in [2.75, 3.05) is 30.4 Å². The van der Waals surface area contributed by atoms with Crippen LogP contribution in [-0.2, 0) is 0 Å². The van der Waals surface area contributed by atoms with Crippen molar-refractivity contribution < 1.29 is 4.39 Å². The molecule has 7 nitrogen and oxygen atoms in total. The van der Waals surface area contributed by atoms with Crippen LogP contribution in [0.4, 0.5) is 21.8 Å². The Labute approximate surface area is 172 Å². The molecule has 0 amide bonds. The van der Waals surface area contributed by atoms with Gasteiger partial charge in [-0.2, -0.15) is 4.39 Å². The molecule has 28 heavy (non-hydrogen) atoms. The van der Waals surface area contributed by atoms with Crippen LogP contribution in [0.5, 0.6) is 0 Å². The van der Waals surface area contributed by atoms with Gasteiger partial charge in [0.05, 0.1) is 5.02 Å². The second-order valence-electron chi connectivity index (χ2n) is 5.78. The fraction of sp³-hybridized carbons (Fsp3) is 0.333. The van der Waals surface area contributed by atoms with Crippen molar-refractivity contribution in [3.8, 4) is 0 Å². The van der Waals surface area contributed by atoms with Gasteiger partial charge in [-0.1, -0.05) is 35.9 Å². The maximum absolute atomic E-state index is 14.3. The summed E-state index contributed by atoms with van der Waals surface area (Å²) in [5.74, 6) is -0.369. The molecule has 10 heteroatoms. The van der Waals surface area contributed by atoms with Crippen molar-refractivity contribution in [2.45, 2.75) is 35.6 Å². The molecule has 0 radical (unpaired) electrons. The molecule has 0 aliphatic heterocycles. The second-order valence-corrected chi connectivity index (χ2v) is 7.18. The molecule has 0 aromatic carbocycles. The third-order valence-electron chi connectivity index (χ3n) is 3.65. The van der Waals surface area contributed by atoms with Gasteiger partial charge in [-0.3, -0.25) is 4.99 Å². The minimum absolute atomic E-state index is 0.0428. The summed E-state index contributed by atoms with van der Waals surface area (Å²) in [5.41, 5.74) is 11.6. The van der Waals surface area contributed by atoms with E-state index in [1.807, 2.05) is 6.08 Å². The predicted molar refractivity (Wildman–Crippen MR) is 115 cm³/mol. The highest BCUT2D eigenvalue weighted by Gasteiger charge is 2.15. The third-order valence-corrected chi connectivity index (χ3v) is 5.21. The first-order chi connectivity index (χ1) is 13.5. The number of anilines is 3. The number of rotatable bonds is 10. The largest absolute Gasteiger partial charge is 0.382 e. The molecule has 0 saturated carbocycles. The first-order valence-corrected chi connectivity index (χ1v) is 9.94. The van der Waals surface area contributed by atoms with Crippen molar-refractivity contribution in [1.82, 2.24) is 15.0 Å². The number of nitrogens with two attached hydrogens (primary N) is 2. The van der Waals surface area contributed by atoms with E-state index in [1.54, 1.807) is 19.3 Å². The number of pyridine rings is 1. The minimum Gasteiger partial charge on any atom is -0.382 e. The van der Waals surface area contributed by atoms with Gasteiger partial charge in [0.1, 0.15) is 10.8 Å². The molecule has 0 saturated heterocycles. The summed E-state index contributed by atoms with van der Waals surface area (Å²) >= 11 is 7.18. The number of allylic oxidation sites excluding steroid dienone is 2. The Morgan fingerprint density at radius 3 is 2.86 bits per heavy atom. The lowest BCUT2D eigenvalue weighted by atomic mass is 10.2. The van der Waals surface area contributed by atoms with Crippen LogP contribution in [-0.4, -0.2) is 34.8 Å². The number of hydrogen-bond acceptors (Lipinski definition) is 8. The summed E-state index contributed by atoms with van der Waals surface area (Å²) in [4.78, 5) is 16.3. The molecule has 150 valence electrons. The molecule has 2 rings (SSSR count). The zero-order valence-electron chi connectivity index (χ0n) is 15.5. The number of unbranched alkanes of at least 4 members (excludes halogenated alkanes) is 3. The number of aromatic nitrogens is 3. The Bertz CT molecular complexity index is 845. The van der Waals surface area contributed by atoms with E-state index in [0.29, 0.717) is 11.4 Å². The first-order valence-electron chi connectivity index (χ1n) is 8.75. The van der Waals surface area contributed by atoms with E-state index in [4.69, 9.17) is 23.1 Å². The highest BCUT2D eigenvalue weighted by Crippen LogP contribution is 2.36. The number of nitrogens with one attached hydrogen (secondary N) is 1. The first kappa shape index (κ1) is 21.9. The molecular formula is C18H23ClFN7S. The van der Waals surface area contributed by atoms with Gasteiger partial charge in [0.25, 0.3) is 5.95 Å². The highest BCUT2D eigenvalue weighted by atomic mass is 35.5. The molecule has 0 fully saturated rings. The maximum Gasteiger partial charge on any atom is 0.256 e. The summed E-state index contributed by atoms with van der Waals surface area (Å²) in [6.07, 6.45) is 11.2. The quantitative estimate of drug-likeness (QED) is 0.387. The van der Waals surface area contributed by atoms with Gasteiger partial charge in [0.2, 0.25) is 0 Å². The summed E-state index contributed by atoms with van der Waals surface area (Å²) in [6, 6.07) is 1.65. The average Bonchev–Trinajstić information content (AvgIpc) is 2.67. The molecule has 0 bridgehead atoms. The monoisotopic (exact) mass is 423 g/mol. The number of nitrogens with zero attached hydrogens (tertiary/aromatic N) is 4. The van der Waals surface area contributed by atoms with Crippen LogP contribution in [0, 0.1) is 5.95 Å². The lowest BCUT2D eigenvalue weighted by molar-refractivity contribution is 0.568. The zero-order chi connectivity index (χ0) is 20.4. The van der Waals surface area contributed by atoms with Crippen LogP contribution in [0.2, 0.25) is 5.02 Å². The Hall–Kier alpha value is -2.39. The van der Waals surface area contributed by atoms with Crippen molar-refractivity contribution in [3.05, 3.63) is 35.4 Å². The Morgan fingerprint density at radius 2 is 2.07 bits per heavy atom.